The van der Waals surface area contributed by atoms with Gasteiger partial charge in [-0.3, -0.25) is 4.79 Å². The summed E-state index contributed by atoms with van der Waals surface area (Å²) < 4.78 is 66.0. The normalized spacial score (nSPS) is 22.7. The van der Waals surface area contributed by atoms with Gasteiger partial charge in [0.15, 0.2) is 0 Å². The first-order valence-corrected chi connectivity index (χ1v) is 6.74. The van der Waals surface area contributed by atoms with Gasteiger partial charge >= 0.3 is 6.18 Å². The van der Waals surface area contributed by atoms with Gasteiger partial charge in [-0.25, -0.2) is 8.78 Å². The van der Waals surface area contributed by atoms with E-state index in [9.17, 15) is 26.7 Å². The number of alkyl halides is 3. The first-order chi connectivity index (χ1) is 10.2. The Bertz CT molecular complexity index is 540. The number of nitrogens with two attached hydrogens (primary N) is 1. The highest BCUT2D eigenvalue weighted by Crippen LogP contribution is 2.32. The summed E-state index contributed by atoms with van der Waals surface area (Å²) in [6, 6.07) is 0.486. The zero-order valence-corrected chi connectivity index (χ0v) is 11.5. The van der Waals surface area contributed by atoms with Crippen molar-refractivity contribution >= 4 is 5.91 Å². The van der Waals surface area contributed by atoms with Gasteiger partial charge in [0.1, 0.15) is 17.7 Å². The predicted molar refractivity (Wildman–Crippen MR) is 68.8 cm³/mol. The minimum absolute atomic E-state index is 0.141. The summed E-state index contributed by atoms with van der Waals surface area (Å²) in [7, 11) is 0. The van der Waals surface area contributed by atoms with E-state index in [1.165, 1.54) is 0 Å². The highest BCUT2D eigenvalue weighted by atomic mass is 19.4. The van der Waals surface area contributed by atoms with E-state index < -0.39 is 47.8 Å². The Kier molecular flexibility index (Phi) is 4.69. The van der Waals surface area contributed by atoms with Gasteiger partial charge in [0.25, 0.3) is 0 Å². The molecule has 0 bridgehead atoms. The highest BCUT2D eigenvalue weighted by Gasteiger charge is 2.47. The van der Waals surface area contributed by atoms with Gasteiger partial charge in [0.2, 0.25) is 5.91 Å². The number of amides is 1. The number of likely N-dealkylation sites (tertiary alicyclic amines) is 1. The number of benzene rings is 1. The lowest BCUT2D eigenvalue weighted by molar-refractivity contribution is -0.196. The third-order valence-corrected chi connectivity index (χ3v) is 3.71. The maximum absolute atomic E-state index is 13.5. The van der Waals surface area contributed by atoms with Gasteiger partial charge in [-0.05, 0) is 25.0 Å². The standard InChI is InChI=1S/C14H15F5N2O/c15-10-2-1-3-11(16)9(10)6-13(22)21-7-8(20)4-5-12(21)14(17,18)19/h1-3,8,12H,4-7,20H2. The van der Waals surface area contributed by atoms with E-state index in [4.69, 9.17) is 5.73 Å². The highest BCUT2D eigenvalue weighted by molar-refractivity contribution is 5.79. The third kappa shape index (κ3) is 3.55. The number of hydrogen-bond acceptors (Lipinski definition) is 2. The average molecular weight is 322 g/mol. The molecule has 2 unspecified atom stereocenters. The molecule has 22 heavy (non-hydrogen) atoms. The van der Waals surface area contributed by atoms with Gasteiger partial charge in [0.05, 0.1) is 6.42 Å². The van der Waals surface area contributed by atoms with Crippen molar-refractivity contribution < 1.29 is 26.7 Å². The Morgan fingerprint density at radius 3 is 2.36 bits per heavy atom. The van der Waals surface area contributed by atoms with E-state index in [1.807, 2.05) is 0 Å². The van der Waals surface area contributed by atoms with Crippen molar-refractivity contribution in [1.29, 1.82) is 0 Å². The fraction of sp³-hybridized carbons (Fsp3) is 0.500. The fourth-order valence-electron chi connectivity index (χ4n) is 2.57. The smallest absolute Gasteiger partial charge is 0.329 e. The minimum Gasteiger partial charge on any atom is -0.329 e. The Labute approximate surface area is 123 Å². The van der Waals surface area contributed by atoms with Crippen LogP contribution in [0.25, 0.3) is 0 Å². The van der Waals surface area contributed by atoms with Crippen molar-refractivity contribution in [1.82, 2.24) is 4.90 Å². The summed E-state index contributed by atoms with van der Waals surface area (Å²) in [6.45, 7) is -0.279. The maximum atomic E-state index is 13.5. The molecule has 1 saturated heterocycles. The van der Waals surface area contributed by atoms with E-state index in [0.29, 0.717) is 4.90 Å². The molecule has 8 heteroatoms. The van der Waals surface area contributed by atoms with Crippen molar-refractivity contribution in [2.45, 2.75) is 37.5 Å². The minimum atomic E-state index is -4.59. The maximum Gasteiger partial charge on any atom is 0.408 e. The molecular formula is C14H15F5N2O. The Morgan fingerprint density at radius 1 is 1.23 bits per heavy atom. The molecule has 1 heterocycles. The molecular weight excluding hydrogens is 307 g/mol. The van der Waals surface area contributed by atoms with Crippen molar-refractivity contribution in [3.63, 3.8) is 0 Å². The summed E-state index contributed by atoms with van der Waals surface area (Å²) in [5, 5.41) is 0. The molecule has 1 aromatic rings. The lowest BCUT2D eigenvalue weighted by atomic mass is 9.97. The summed E-state index contributed by atoms with van der Waals surface area (Å²) in [4.78, 5) is 12.7. The van der Waals surface area contributed by atoms with Crippen LogP contribution >= 0.6 is 0 Å². The quantitative estimate of drug-likeness (QED) is 0.850. The van der Waals surface area contributed by atoms with Crippen LogP contribution in [-0.2, 0) is 11.2 Å². The number of hydrogen-bond donors (Lipinski definition) is 1. The number of nitrogens with zero attached hydrogens (tertiary/aromatic N) is 1. The molecule has 2 atom stereocenters. The largest absolute Gasteiger partial charge is 0.408 e. The molecule has 0 saturated carbocycles. The third-order valence-electron chi connectivity index (χ3n) is 3.71. The van der Waals surface area contributed by atoms with E-state index in [-0.39, 0.29) is 19.4 Å². The molecule has 1 amide bonds. The second kappa shape index (κ2) is 6.20. The van der Waals surface area contributed by atoms with Crippen LogP contribution in [0.3, 0.4) is 0 Å². The van der Waals surface area contributed by atoms with Gasteiger partial charge in [0, 0.05) is 18.2 Å². The lowest BCUT2D eigenvalue weighted by Crippen LogP contribution is -2.57. The second-order valence-electron chi connectivity index (χ2n) is 5.32. The molecule has 1 fully saturated rings. The molecule has 0 radical (unpaired) electrons. The first kappa shape index (κ1) is 16.7. The summed E-state index contributed by atoms with van der Waals surface area (Å²) in [6.07, 6.45) is -5.53. The van der Waals surface area contributed by atoms with Crippen LogP contribution in [0.1, 0.15) is 18.4 Å². The number of carbonyl (C=O) groups excluding carboxylic acids is 1. The van der Waals surface area contributed by atoms with Gasteiger partial charge in [-0.15, -0.1) is 0 Å². The van der Waals surface area contributed by atoms with Crippen LogP contribution < -0.4 is 5.73 Å². The number of halogens is 5. The zero-order chi connectivity index (χ0) is 16.5. The Hall–Kier alpha value is -1.70. The number of carbonyl (C=O) groups is 1. The second-order valence-corrected chi connectivity index (χ2v) is 5.32. The lowest BCUT2D eigenvalue weighted by Gasteiger charge is -2.39. The van der Waals surface area contributed by atoms with Crippen LogP contribution in [0.15, 0.2) is 18.2 Å². The average Bonchev–Trinajstić information content (AvgIpc) is 2.41. The summed E-state index contributed by atoms with van der Waals surface area (Å²) >= 11 is 0. The van der Waals surface area contributed by atoms with Crippen molar-refractivity contribution in [3.05, 3.63) is 35.4 Å². The van der Waals surface area contributed by atoms with Crippen molar-refractivity contribution in [2.24, 2.45) is 5.73 Å². The number of piperidine rings is 1. The molecule has 0 aromatic heterocycles. The monoisotopic (exact) mass is 322 g/mol. The predicted octanol–water partition coefficient (Wildman–Crippen LogP) is 2.39. The molecule has 2 rings (SSSR count). The van der Waals surface area contributed by atoms with Crippen LogP contribution in [-0.4, -0.2) is 35.6 Å². The van der Waals surface area contributed by atoms with Gasteiger partial charge in [-0.2, -0.15) is 13.2 Å². The SMILES string of the molecule is NC1CCC(C(F)(F)F)N(C(=O)Cc2c(F)cccc2F)C1. The van der Waals surface area contributed by atoms with E-state index in [1.54, 1.807) is 0 Å². The van der Waals surface area contributed by atoms with E-state index in [2.05, 4.69) is 0 Å². The van der Waals surface area contributed by atoms with E-state index in [0.717, 1.165) is 18.2 Å². The molecule has 1 aliphatic rings. The molecule has 3 nitrogen and oxygen atoms in total. The van der Waals surface area contributed by atoms with Crippen LogP contribution in [0, 0.1) is 11.6 Å². The molecule has 1 aliphatic heterocycles. The van der Waals surface area contributed by atoms with Gasteiger partial charge in [-0.1, -0.05) is 6.07 Å². The van der Waals surface area contributed by atoms with Crippen molar-refractivity contribution in [2.75, 3.05) is 6.54 Å². The first-order valence-electron chi connectivity index (χ1n) is 6.74. The molecule has 0 spiro atoms. The summed E-state index contributed by atoms with van der Waals surface area (Å²) in [5.41, 5.74) is 5.08. The molecule has 122 valence electrons. The van der Waals surface area contributed by atoms with Crippen LogP contribution in [0.4, 0.5) is 22.0 Å². The Morgan fingerprint density at radius 2 is 1.82 bits per heavy atom. The molecule has 0 aliphatic carbocycles. The Balaban J connectivity index is 2.22. The fourth-order valence-corrected chi connectivity index (χ4v) is 2.57. The van der Waals surface area contributed by atoms with Gasteiger partial charge < -0.3 is 10.6 Å². The molecule has 1 aromatic carbocycles. The number of rotatable bonds is 2. The summed E-state index contributed by atoms with van der Waals surface area (Å²) in [5.74, 6) is -2.90. The van der Waals surface area contributed by atoms with Crippen molar-refractivity contribution in [3.8, 4) is 0 Å². The van der Waals surface area contributed by atoms with E-state index >= 15 is 0 Å². The topological polar surface area (TPSA) is 46.3 Å². The zero-order valence-electron chi connectivity index (χ0n) is 11.5. The van der Waals surface area contributed by atoms with Crippen LogP contribution in [0.5, 0.6) is 0 Å². The van der Waals surface area contributed by atoms with Crippen LogP contribution in [0.2, 0.25) is 0 Å². The molecule has 2 N–H and O–H groups in total.